The van der Waals surface area contributed by atoms with Gasteiger partial charge in [-0.05, 0) is 257 Å². The summed E-state index contributed by atoms with van der Waals surface area (Å²) >= 11 is 0. The molecule has 0 bridgehead atoms. The molecular weight excluding hydrogens is 1670 g/mol. The second-order valence-electron chi connectivity index (χ2n) is 35.4. The summed E-state index contributed by atoms with van der Waals surface area (Å²) in [4.78, 5) is 4.75. The molecular formula is C132H88N4O2. The minimum Gasteiger partial charge on any atom is -0.456 e. The standard InChI is InChI=1S/2C66H44N2O/c1-2-13-45(14-3-1)46-29-31-51(32-30-46)57-17-4-8-21-62(57)67(54-38-33-48(34-39-54)47-25-27-49(28-26-47)53-37-42-61-60-20-7-11-24-65(60)69-66(61)44-53)55-40-35-50(36-41-55)52-15-12-16-56(43-52)68-63-22-9-5-18-58(63)59-19-6-10-23-64(59)68;1-2-12-45(13-3-1)46-24-28-49(29-25-46)52-14-10-16-57(42-52)67(55-37-32-48(33-38-55)47-26-30-50(31-27-47)54-36-41-62-61-20-6-9-23-65(61)69-66(62)44-54)56-39-34-51(35-40-56)53-15-11-17-58(43-53)68-63-21-7-4-18-59(63)60-19-5-8-22-64(60)68/h2*1-44H. The Bertz CT molecular complexity index is 8900. The van der Waals surface area contributed by atoms with E-state index in [4.69, 9.17) is 8.83 Å². The number of benzene rings is 22. The molecule has 0 radical (unpaired) electrons. The van der Waals surface area contributed by atoms with Crippen LogP contribution >= 0.6 is 0 Å². The number of nitrogens with zero attached hydrogens (tertiary/aromatic N) is 4. The molecule has 0 aliphatic rings. The summed E-state index contributed by atoms with van der Waals surface area (Å²) in [5.74, 6) is 0. The van der Waals surface area contributed by atoms with Crippen molar-refractivity contribution in [2.45, 2.75) is 0 Å². The minimum atomic E-state index is 0.906. The molecule has 0 saturated heterocycles. The maximum atomic E-state index is 6.22. The van der Waals surface area contributed by atoms with Gasteiger partial charge < -0.3 is 27.8 Å². The van der Waals surface area contributed by atoms with E-state index in [2.05, 4.69) is 529 Å². The number of anilines is 6. The summed E-state index contributed by atoms with van der Waals surface area (Å²) in [5, 5.41) is 9.61. The van der Waals surface area contributed by atoms with Crippen molar-refractivity contribution in [3.63, 3.8) is 0 Å². The molecule has 648 valence electrons. The average molecular weight is 1760 g/mol. The third-order valence-corrected chi connectivity index (χ3v) is 27.3. The topological polar surface area (TPSA) is 42.6 Å². The molecule has 0 unspecified atom stereocenters. The Morgan fingerprint density at radius 1 is 0.138 bits per heavy atom. The first-order chi connectivity index (χ1) is 68.4. The van der Waals surface area contributed by atoms with Crippen LogP contribution in [0.15, 0.2) is 543 Å². The first-order valence-corrected chi connectivity index (χ1v) is 47.1. The fourth-order valence-electron chi connectivity index (χ4n) is 20.4. The van der Waals surface area contributed by atoms with Crippen molar-refractivity contribution in [1.82, 2.24) is 9.13 Å². The molecule has 138 heavy (non-hydrogen) atoms. The van der Waals surface area contributed by atoms with Gasteiger partial charge in [-0.2, -0.15) is 0 Å². The third kappa shape index (κ3) is 15.4. The van der Waals surface area contributed by atoms with Crippen molar-refractivity contribution >= 4 is 122 Å². The monoisotopic (exact) mass is 1760 g/mol. The van der Waals surface area contributed by atoms with Gasteiger partial charge in [0, 0.05) is 88.5 Å². The first kappa shape index (κ1) is 81.6. The summed E-state index contributed by atoms with van der Waals surface area (Å²) in [5.41, 5.74) is 40.5. The maximum absolute atomic E-state index is 6.22. The van der Waals surface area contributed by atoms with Crippen LogP contribution in [-0.2, 0) is 0 Å². The van der Waals surface area contributed by atoms with Crippen molar-refractivity contribution in [2.24, 2.45) is 0 Å². The number of fused-ring (bicyclic) bond motifs is 12. The van der Waals surface area contributed by atoms with Crippen LogP contribution in [0.5, 0.6) is 0 Å². The summed E-state index contributed by atoms with van der Waals surface area (Å²) in [7, 11) is 0. The van der Waals surface area contributed by atoms with Crippen molar-refractivity contribution in [3.8, 4) is 123 Å². The Hall–Kier alpha value is -18.4. The highest BCUT2D eigenvalue weighted by atomic mass is 16.3. The molecule has 4 heterocycles. The Morgan fingerprint density at radius 3 is 0.754 bits per heavy atom. The SMILES string of the molecule is c1ccc(-c2ccc(-c3cccc(N(c4ccc(-c5ccc(-c6ccc7c(c6)oc6ccccc67)cc5)cc4)c4ccc(-c5cccc(-n6c7ccccc7c7ccccc76)c5)cc4)c3)cc2)cc1.c1ccc(-c2ccc(-c3ccccc3N(c3ccc(-c4ccc(-c5ccc6c(c5)oc5ccccc56)cc4)cc3)c3ccc(-c4cccc(-n5c6ccccc6c6ccccc65)c4)cc3)cc2)cc1. The van der Waals surface area contributed by atoms with Crippen LogP contribution in [0.25, 0.3) is 210 Å². The molecule has 0 fully saturated rings. The molecule has 0 saturated carbocycles. The molecule has 26 aromatic rings. The number of rotatable bonds is 18. The highest BCUT2D eigenvalue weighted by molar-refractivity contribution is 6.12. The van der Waals surface area contributed by atoms with E-state index in [1.807, 2.05) is 24.3 Å². The summed E-state index contributed by atoms with van der Waals surface area (Å²) < 4.78 is 17.2. The minimum absolute atomic E-state index is 0.906. The number of hydrogen-bond acceptors (Lipinski definition) is 4. The highest BCUT2D eigenvalue weighted by Gasteiger charge is 2.23. The lowest BCUT2D eigenvalue weighted by Gasteiger charge is -2.28. The number of hydrogen-bond donors (Lipinski definition) is 0. The Morgan fingerprint density at radius 2 is 0.384 bits per heavy atom. The molecule has 0 aliphatic heterocycles. The van der Waals surface area contributed by atoms with Gasteiger partial charge in [-0.3, -0.25) is 0 Å². The molecule has 4 aromatic heterocycles. The van der Waals surface area contributed by atoms with Gasteiger partial charge >= 0.3 is 0 Å². The van der Waals surface area contributed by atoms with Crippen LogP contribution in [0.3, 0.4) is 0 Å². The van der Waals surface area contributed by atoms with Crippen LogP contribution in [0, 0.1) is 0 Å². The van der Waals surface area contributed by atoms with Crippen molar-refractivity contribution in [3.05, 3.63) is 534 Å². The zero-order chi connectivity index (χ0) is 91.4. The van der Waals surface area contributed by atoms with Gasteiger partial charge in [0.1, 0.15) is 22.3 Å². The van der Waals surface area contributed by atoms with Crippen LogP contribution < -0.4 is 9.80 Å². The van der Waals surface area contributed by atoms with E-state index in [0.717, 1.165) is 167 Å². The summed E-state index contributed by atoms with van der Waals surface area (Å²) in [6, 6.07) is 192. The van der Waals surface area contributed by atoms with Gasteiger partial charge in [0.2, 0.25) is 0 Å². The highest BCUT2D eigenvalue weighted by Crippen LogP contribution is 2.47. The fourth-order valence-corrected chi connectivity index (χ4v) is 20.4. The molecule has 22 aromatic carbocycles. The average Bonchev–Trinajstić information content (AvgIpc) is 1.16. The molecule has 0 spiro atoms. The van der Waals surface area contributed by atoms with E-state index in [1.54, 1.807) is 0 Å². The molecule has 6 heteroatoms. The second-order valence-corrected chi connectivity index (χ2v) is 35.4. The molecule has 0 amide bonds. The molecule has 0 atom stereocenters. The largest absolute Gasteiger partial charge is 0.456 e. The first-order valence-electron chi connectivity index (χ1n) is 47.1. The molecule has 6 nitrogen and oxygen atoms in total. The maximum Gasteiger partial charge on any atom is 0.136 e. The second kappa shape index (κ2) is 35.3. The van der Waals surface area contributed by atoms with Gasteiger partial charge in [0.15, 0.2) is 0 Å². The number of furan rings is 2. The van der Waals surface area contributed by atoms with Gasteiger partial charge in [0.25, 0.3) is 0 Å². The quantitative estimate of drug-likeness (QED) is 0.0859. The van der Waals surface area contributed by atoms with Gasteiger partial charge in [0.05, 0.1) is 27.8 Å². The Kier molecular flexibility index (Phi) is 20.9. The lowest BCUT2D eigenvalue weighted by atomic mass is 9.97. The van der Waals surface area contributed by atoms with E-state index in [0.29, 0.717) is 0 Å². The third-order valence-electron chi connectivity index (χ3n) is 27.3. The lowest BCUT2D eigenvalue weighted by Crippen LogP contribution is -2.11. The lowest BCUT2D eigenvalue weighted by molar-refractivity contribution is 0.668. The predicted molar refractivity (Wildman–Crippen MR) is 580 cm³/mol. The van der Waals surface area contributed by atoms with Crippen molar-refractivity contribution in [2.75, 3.05) is 9.80 Å². The van der Waals surface area contributed by atoms with E-state index < -0.39 is 0 Å². The number of para-hydroxylation sites is 7. The zero-order valence-electron chi connectivity index (χ0n) is 75.4. The smallest absolute Gasteiger partial charge is 0.136 e. The van der Waals surface area contributed by atoms with Crippen LogP contribution in [0.2, 0.25) is 0 Å². The fraction of sp³-hybridized carbons (Fsp3) is 0. The molecule has 0 aliphatic carbocycles. The van der Waals surface area contributed by atoms with Crippen molar-refractivity contribution < 1.29 is 8.83 Å². The molecule has 0 N–H and O–H groups in total. The Labute approximate surface area is 800 Å². The predicted octanol–water partition coefficient (Wildman–Crippen LogP) is 37.0. The van der Waals surface area contributed by atoms with E-state index >= 15 is 0 Å². The molecule has 26 rings (SSSR count). The summed E-state index contributed by atoms with van der Waals surface area (Å²) in [6.07, 6.45) is 0. The van der Waals surface area contributed by atoms with Crippen LogP contribution in [0.1, 0.15) is 0 Å². The summed E-state index contributed by atoms with van der Waals surface area (Å²) in [6.45, 7) is 0. The van der Waals surface area contributed by atoms with E-state index in [9.17, 15) is 0 Å². The van der Waals surface area contributed by atoms with Gasteiger partial charge in [-0.15, -0.1) is 0 Å². The van der Waals surface area contributed by atoms with Crippen LogP contribution in [-0.4, -0.2) is 9.13 Å². The van der Waals surface area contributed by atoms with Gasteiger partial charge in [-0.1, -0.05) is 382 Å². The number of aromatic nitrogens is 2. The zero-order valence-corrected chi connectivity index (χ0v) is 75.4. The van der Waals surface area contributed by atoms with Crippen LogP contribution in [0.4, 0.5) is 34.1 Å². The van der Waals surface area contributed by atoms with E-state index in [1.165, 1.54) is 77.0 Å². The van der Waals surface area contributed by atoms with Crippen molar-refractivity contribution in [1.29, 1.82) is 0 Å². The normalized spacial score (nSPS) is 11.5. The Balaban J connectivity index is 0.000000146. The van der Waals surface area contributed by atoms with Gasteiger partial charge in [-0.25, -0.2) is 0 Å². The van der Waals surface area contributed by atoms with E-state index in [-0.39, 0.29) is 0 Å².